The second-order valence-corrected chi connectivity index (χ2v) is 5.58. The molecule has 0 fully saturated rings. The fourth-order valence-electron chi connectivity index (χ4n) is 2.32. The van der Waals surface area contributed by atoms with Crippen molar-refractivity contribution in [1.29, 1.82) is 0 Å². The highest BCUT2D eigenvalue weighted by Crippen LogP contribution is 2.28. The zero-order valence-electron chi connectivity index (χ0n) is 11.7. The van der Waals surface area contributed by atoms with Gasteiger partial charge in [-0.3, -0.25) is 4.79 Å². The number of hydrogen-bond donors (Lipinski definition) is 1. The Hall–Kier alpha value is -2.26. The van der Waals surface area contributed by atoms with Crippen LogP contribution in [-0.2, 0) is 0 Å². The topological polar surface area (TPSA) is 56.2 Å². The van der Waals surface area contributed by atoms with Gasteiger partial charge in [0.25, 0.3) is 0 Å². The molecule has 2 N–H and O–H groups in total. The third-order valence-corrected chi connectivity index (χ3v) is 3.76. The lowest BCUT2D eigenvalue weighted by Gasteiger charge is -2.07. The first kappa shape index (κ1) is 13.7. The minimum absolute atomic E-state index is 0.115. The third kappa shape index (κ3) is 2.41. The highest BCUT2D eigenvalue weighted by Gasteiger charge is 2.10. The largest absolute Gasteiger partial charge is 0.456 e. The van der Waals surface area contributed by atoms with Crippen LogP contribution >= 0.6 is 11.6 Å². The Morgan fingerprint density at radius 1 is 1.05 bits per heavy atom. The molecule has 0 saturated heterocycles. The van der Waals surface area contributed by atoms with Crippen molar-refractivity contribution in [1.82, 2.24) is 0 Å². The van der Waals surface area contributed by atoms with E-state index < -0.39 is 0 Å². The Kier molecular flexibility index (Phi) is 3.22. The molecule has 0 saturated carbocycles. The van der Waals surface area contributed by atoms with Crippen molar-refractivity contribution in [2.75, 3.05) is 5.73 Å². The number of hydrogen-bond acceptors (Lipinski definition) is 3. The molecule has 21 heavy (non-hydrogen) atoms. The molecule has 0 amide bonds. The zero-order chi connectivity index (χ0) is 15.1. The number of halogens is 1. The van der Waals surface area contributed by atoms with Gasteiger partial charge in [-0.1, -0.05) is 23.7 Å². The zero-order valence-corrected chi connectivity index (χ0v) is 12.5. The number of nitrogens with two attached hydrogens (primary N) is 1. The van der Waals surface area contributed by atoms with Gasteiger partial charge >= 0.3 is 0 Å². The van der Waals surface area contributed by atoms with Gasteiger partial charge in [-0.05, 0) is 43.2 Å². The minimum Gasteiger partial charge on any atom is -0.456 e. The molecule has 1 aromatic heterocycles. The lowest BCUT2D eigenvalue weighted by molar-refractivity contribution is 0.616. The molecule has 3 rings (SSSR count). The lowest BCUT2D eigenvalue weighted by Crippen LogP contribution is -2.01. The molecule has 1 heterocycles. The molecule has 0 aliphatic carbocycles. The quantitative estimate of drug-likeness (QED) is 0.681. The predicted molar refractivity (Wildman–Crippen MR) is 86.8 cm³/mol. The van der Waals surface area contributed by atoms with Crippen LogP contribution in [0, 0.1) is 13.8 Å². The number of rotatable bonds is 1. The van der Waals surface area contributed by atoms with E-state index in [1.165, 1.54) is 6.07 Å². The van der Waals surface area contributed by atoms with Crippen molar-refractivity contribution in [2.45, 2.75) is 13.8 Å². The van der Waals surface area contributed by atoms with Gasteiger partial charge in [0.15, 0.2) is 5.43 Å². The molecule has 0 aliphatic heterocycles. The minimum atomic E-state index is -0.115. The SMILES string of the molecule is Cc1ccc(-c2cc(=O)c3cc(Cl)cc(C)c3o2)cc1N. The summed E-state index contributed by atoms with van der Waals surface area (Å²) in [7, 11) is 0. The van der Waals surface area contributed by atoms with E-state index >= 15 is 0 Å². The smallest absolute Gasteiger partial charge is 0.193 e. The molecule has 0 bridgehead atoms. The molecule has 106 valence electrons. The van der Waals surface area contributed by atoms with Crippen LogP contribution in [0.3, 0.4) is 0 Å². The number of benzene rings is 2. The maximum atomic E-state index is 12.3. The fraction of sp³-hybridized carbons (Fsp3) is 0.118. The van der Waals surface area contributed by atoms with Crippen LogP contribution in [0.2, 0.25) is 5.02 Å². The van der Waals surface area contributed by atoms with Crippen LogP contribution in [-0.4, -0.2) is 0 Å². The predicted octanol–water partition coefficient (Wildman–Crippen LogP) is 4.31. The molecule has 2 aromatic carbocycles. The van der Waals surface area contributed by atoms with Gasteiger partial charge in [0.1, 0.15) is 11.3 Å². The first-order valence-electron chi connectivity index (χ1n) is 6.56. The van der Waals surface area contributed by atoms with E-state index in [9.17, 15) is 4.79 Å². The normalized spacial score (nSPS) is 11.0. The second kappa shape index (κ2) is 4.93. The molecule has 0 atom stereocenters. The van der Waals surface area contributed by atoms with Crippen molar-refractivity contribution >= 4 is 28.3 Å². The summed E-state index contributed by atoms with van der Waals surface area (Å²) in [5.74, 6) is 0.504. The summed E-state index contributed by atoms with van der Waals surface area (Å²) in [5, 5.41) is 1.02. The highest BCUT2D eigenvalue weighted by molar-refractivity contribution is 6.31. The number of aryl methyl sites for hydroxylation is 2. The standard InChI is InChI=1S/C17H14ClNO2/c1-9-3-4-11(6-14(9)19)16-8-15(20)13-7-12(18)5-10(2)17(13)21-16/h3-8H,19H2,1-2H3. The van der Waals surface area contributed by atoms with E-state index in [4.69, 9.17) is 21.8 Å². The summed E-state index contributed by atoms with van der Waals surface area (Å²) in [5.41, 5.74) is 9.64. The Balaban J connectivity index is 2.30. The third-order valence-electron chi connectivity index (χ3n) is 3.54. The van der Waals surface area contributed by atoms with Crippen LogP contribution in [0.25, 0.3) is 22.3 Å². The van der Waals surface area contributed by atoms with Gasteiger partial charge in [0.2, 0.25) is 0 Å². The molecular formula is C17H14ClNO2. The summed E-state index contributed by atoms with van der Waals surface area (Å²) in [4.78, 5) is 12.3. The maximum Gasteiger partial charge on any atom is 0.193 e. The Morgan fingerprint density at radius 2 is 1.81 bits per heavy atom. The molecular weight excluding hydrogens is 286 g/mol. The van der Waals surface area contributed by atoms with E-state index in [2.05, 4.69) is 0 Å². The molecule has 3 nitrogen and oxygen atoms in total. The summed E-state index contributed by atoms with van der Waals surface area (Å²) in [6, 6.07) is 10.5. The van der Waals surface area contributed by atoms with E-state index in [0.717, 1.165) is 16.7 Å². The molecule has 0 spiro atoms. The average molecular weight is 300 g/mol. The summed E-state index contributed by atoms with van der Waals surface area (Å²) < 4.78 is 5.90. The Morgan fingerprint density at radius 3 is 2.52 bits per heavy atom. The van der Waals surface area contributed by atoms with Crippen LogP contribution in [0.4, 0.5) is 5.69 Å². The first-order chi connectivity index (χ1) is 9.95. The van der Waals surface area contributed by atoms with Gasteiger partial charge in [0.05, 0.1) is 5.39 Å². The number of fused-ring (bicyclic) bond motifs is 1. The van der Waals surface area contributed by atoms with Crippen LogP contribution in [0.5, 0.6) is 0 Å². The molecule has 0 aliphatic rings. The van der Waals surface area contributed by atoms with Crippen molar-refractivity contribution in [2.24, 2.45) is 0 Å². The maximum absolute atomic E-state index is 12.3. The van der Waals surface area contributed by atoms with Crippen LogP contribution in [0.1, 0.15) is 11.1 Å². The fourth-order valence-corrected chi connectivity index (χ4v) is 2.59. The summed E-state index contributed by atoms with van der Waals surface area (Å²) in [6.07, 6.45) is 0. The van der Waals surface area contributed by atoms with Crippen LogP contribution in [0.15, 0.2) is 45.6 Å². The van der Waals surface area contributed by atoms with Crippen molar-refractivity contribution in [3.8, 4) is 11.3 Å². The average Bonchev–Trinajstić information content (AvgIpc) is 2.43. The first-order valence-corrected chi connectivity index (χ1v) is 6.94. The van der Waals surface area contributed by atoms with Crippen LogP contribution < -0.4 is 11.2 Å². The molecule has 3 aromatic rings. The monoisotopic (exact) mass is 299 g/mol. The number of anilines is 1. The lowest BCUT2D eigenvalue weighted by atomic mass is 10.1. The molecule has 0 unspecified atom stereocenters. The van der Waals surface area contributed by atoms with Gasteiger partial charge in [-0.25, -0.2) is 0 Å². The molecule has 0 radical (unpaired) electrons. The highest BCUT2D eigenvalue weighted by atomic mass is 35.5. The van der Waals surface area contributed by atoms with Gasteiger partial charge < -0.3 is 10.2 Å². The Labute approximate surface area is 127 Å². The summed E-state index contributed by atoms with van der Waals surface area (Å²) in [6.45, 7) is 3.80. The number of nitrogen functional groups attached to an aromatic ring is 1. The van der Waals surface area contributed by atoms with Gasteiger partial charge in [-0.15, -0.1) is 0 Å². The Bertz CT molecular complexity index is 913. The second-order valence-electron chi connectivity index (χ2n) is 5.15. The summed E-state index contributed by atoms with van der Waals surface area (Å²) >= 11 is 5.99. The van der Waals surface area contributed by atoms with Crippen molar-refractivity contribution in [3.05, 3.63) is 62.8 Å². The van der Waals surface area contributed by atoms with E-state index in [1.807, 2.05) is 32.0 Å². The van der Waals surface area contributed by atoms with E-state index in [1.54, 1.807) is 12.1 Å². The molecule has 4 heteroatoms. The van der Waals surface area contributed by atoms with Gasteiger partial charge in [0, 0.05) is 22.3 Å². The van der Waals surface area contributed by atoms with Crippen molar-refractivity contribution < 1.29 is 4.42 Å². The van der Waals surface area contributed by atoms with E-state index in [-0.39, 0.29) is 5.43 Å². The van der Waals surface area contributed by atoms with Crippen molar-refractivity contribution in [3.63, 3.8) is 0 Å². The van der Waals surface area contributed by atoms with Gasteiger partial charge in [-0.2, -0.15) is 0 Å². The van der Waals surface area contributed by atoms with E-state index in [0.29, 0.717) is 27.4 Å².